The second kappa shape index (κ2) is 7.99. The smallest absolute Gasteiger partial charge is 0.140 e. The van der Waals surface area contributed by atoms with E-state index in [1.807, 2.05) is 12.4 Å². The minimum atomic E-state index is -0.378. The maximum atomic E-state index is 10.3. The van der Waals surface area contributed by atoms with Gasteiger partial charge in [0.2, 0.25) is 0 Å². The molecule has 0 spiro atoms. The highest BCUT2D eigenvalue weighted by atomic mass is 35.5. The van der Waals surface area contributed by atoms with Crippen LogP contribution in [0.5, 0.6) is 0 Å². The van der Waals surface area contributed by atoms with Crippen molar-refractivity contribution in [3.05, 3.63) is 54.9 Å². The van der Waals surface area contributed by atoms with Crippen molar-refractivity contribution in [3.8, 4) is 11.4 Å². The van der Waals surface area contributed by atoms with E-state index in [4.69, 9.17) is 0 Å². The predicted octanol–water partition coefficient (Wildman–Crippen LogP) is 3.44. The minimum Gasteiger partial charge on any atom is -0.390 e. The van der Waals surface area contributed by atoms with Gasteiger partial charge in [0.1, 0.15) is 5.82 Å². The third-order valence-corrected chi connectivity index (χ3v) is 4.47. The Morgan fingerprint density at radius 2 is 1.88 bits per heavy atom. The number of nitrogens with one attached hydrogen (secondary N) is 1. The first-order chi connectivity index (χ1) is 10.8. The van der Waals surface area contributed by atoms with Crippen molar-refractivity contribution in [2.24, 2.45) is 0 Å². The summed E-state index contributed by atoms with van der Waals surface area (Å²) in [4.78, 5) is 4.58. The van der Waals surface area contributed by atoms with E-state index in [9.17, 15) is 5.11 Å². The number of aliphatic hydroxyl groups excluding tert-OH is 1. The summed E-state index contributed by atoms with van der Waals surface area (Å²) in [6, 6.07) is 14.7. The summed E-state index contributed by atoms with van der Waals surface area (Å²) < 4.78 is 2.13. The first-order valence-electron chi connectivity index (χ1n) is 7.74. The zero-order chi connectivity index (χ0) is 14.9. The Balaban J connectivity index is 0.00000104. The number of rotatable bonds is 2. The van der Waals surface area contributed by atoms with Crippen molar-refractivity contribution in [2.75, 3.05) is 13.1 Å². The molecule has 4 rings (SSSR count). The first-order valence-corrected chi connectivity index (χ1v) is 7.74. The number of β-amino-alcohol motifs (C(OH)–C–C–N with tert-alkyl or cyclic N) is 1. The minimum absolute atomic E-state index is 0. The van der Waals surface area contributed by atoms with Crippen molar-refractivity contribution in [3.63, 3.8) is 0 Å². The van der Waals surface area contributed by atoms with Gasteiger partial charge < -0.3 is 15.0 Å². The van der Waals surface area contributed by atoms with E-state index in [-0.39, 0.29) is 37.0 Å². The van der Waals surface area contributed by atoms with Gasteiger partial charge in [0, 0.05) is 24.5 Å². The summed E-state index contributed by atoms with van der Waals surface area (Å²) in [6.07, 6.45) is 4.34. The average molecular weight is 366 g/mol. The van der Waals surface area contributed by atoms with E-state index in [0.29, 0.717) is 6.54 Å². The summed E-state index contributed by atoms with van der Waals surface area (Å²) >= 11 is 0. The second-order valence-electron chi connectivity index (χ2n) is 5.81. The van der Waals surface area contributed by atoms with Crippen LogP contribution in [-0.4, -0.2) is 33.9 Å². The number of aliphatic hydroxyl groups is 1. The lowest BCUT2D eigenvalue weighted by Crippen LogP contribution is -2.41. The molecule has 1 aliphatic rings. The number of benzene rings is 2. The molecule has 0 saturated carbocycles. The molecule has 2 N–H and O–H groups in total. The largest absolute Gasteiger partial charge is 0.390 e. The standard InChI is InChI=1S/C18H19N3O.2ClH/c22-17-12-19-9-8-16(17)21-11-10-20-18(21)15-7-3-5-13-4-1-2-6-14(13)15;;/h1-7,10-11,16-17,19,22H,8-9,12H2;2*1H/t16-,17-;;/m0../s1. The van der Waals surface area contributed by atoms with E-state index >= 15 is 0 Å². The number of aromatic nitrogens is 2. The summed E-state index contributed by atoms with van der Waals surface area (Å²) in [5, 5.41) is 15.9. The molecule has 1 saturated heterocycles. The molecule has 0 unspecified atom stereocenters. The maximum absolute atomic E-state index is 10.3. The molecule has 2 atom stereocenters. The Morgan fingerprint density at radius 1 is 1.08 bits per heavy atom. The zero-order valence-corrected chi connectivity index (χ0v) is 14.8. The zero-order valence-electron chi connectivity index (χ0n) is 13.1. The fourth-order valence-corrected chi connectivity index (χ4v) is 3.36. The van der Waals surface area contributed by atoms with E-state index in [1.165, 1.54) is 10.8 Å². The van der Waals surface area contributed by atoms with Crippen LogP contribution in [-0.2, 0) is 0 Å². The summed E-state index contributed by atoms with van der Waals surface area (Å²) in [5.74, 6) is 0.933. The Hall–Kier alpha value is -1.59. The van der Waals surface area contributed by atoms with Crippen LogP contribution in [0.3, 0.4) is 0 Å². The second-order valence-corrected chi connectivity index (χ2v) is 5.81. The fourth-order valence-electron chi connectivity index (χ4n) is 3.36. The molecule has 128 valence electrons. The molecule has 6 heteroatoms. The van der Waals surface area contributed by atoms with Gasteiger partial charge in [-0.2, -0.15) is 0 Å². The highest BCUT2D eigenvalue weighted by Gasteiger charge is 2.26. The van der Waals surface area contributed by atoms with E-state index in [2.05, 4.69) is 57.3 Å². The SMILES string of the molecule is Cl.Cl.O[C@H]1CNCC[C@@H]1n1ccnc1-c1cccc2ccccc12. The number of nitrogens with zero attached hydrogens (tertiary/aromatic N) is 2. The normalized spacial score (nSPS) is 20.2. The Bertz CT molecular complexity index is 800. The third-order valence-electron chi connectivity index (χ3n) is 4.47. The Labute approximate surface area is 153 Å². The van der Waals surface area contributed by atoms with Crippen LogP contribution in [0.15, 0.2) is 54.9 Å². The van der Waals surface area contributed by atoms with Crippen molar-refractivity contribution in [1.82, 2.24) is 14.9 Å². The molecule has 2 heterocycles. The predicted molar refractivity (Wildman–Crippen MR) is 102 cm³/mol. The van der Waals surface area contributed by atoms with Gasteiger partial charge in [0.15, 0.2) is 0 Å². The number of halogens is 2. The molecule has 1 aromatic heterocycles. The van der Waals surface area contributed by atoms with E-state index in [1.54, 1.807) is 0 Å². The molecular formula is C18H21Cl2N3O. The van der Waals surface area contributed by atoms with Gasteiger partial charge in [-0.1, -0.05) is 42.5 Å². The van der Waals surface area contributed by atoms with Crippen LogP contribution in [0.2, 0.25) is 0 Å². The summed E-state index contributed by atoms with van der Waals surface area (Å²) in [6.45, 7) is 1.56. The molecule has 24 heavy (non-hydrogen) atoms. The number of hydrogen-bond acceptors (Lipinski definition) is 3. The third kappa shape index (κ3) is 3.28. The van der Waals surface area contributed by atoms with Gasteiger partial charge in [-0.15, -0.1) is 24.8 Å². The van der Waals surface area contributed by atoms with Crippen molar-refractivity contribution in [2.45, 2.75) is 18.6 Å². The fraction of sp³-hybridized carbons (Fsp3) is 0.278. The lowest BCUT2D eigenvalue weighted by atomic mass is 10.0. The van der Waals surface area contributed by atoms with Crippen LogP contribution >= 0.6 is 24.8 Å². The number of hydrogen-bond donors (Lipinski definition) is 2. The molecule has 0 amide bonds. The number of fused-ring (bicyclic) bond motifs is 1. The molecular weight excluding hydrogens is 345 g/mol. The van der Waals surface area contributed by atoms with Crippen LogP contribution in [0.1, 0.15) is 12.5 Å². The molecule has 0 aliphatic carbocycles. The van der Waals surface area contributed by atoms with E-state index in [0.717, 1.165) is 24.4 Å². The van der Waals surface area contributed by atoms with Gasteiger partial charge >= 0.3 is 0 Å². The number of piperidine rings is 1. The molecule has 2 aromatic carbocycles. The van der Waals surface area contributed by atoms with Crippen molar-refractivity contribution >= 4 is 35.6 Å². The number of imidazole rings is 1. The van der Waals surface area contributed by atoms with Gasteiger partial charge in [-0.25, -0.2) is 4.98 Å². The average Bonchev–Trinajstić information content (AvgIpc) is 3.04. The lowest BCUT2D eigenvalue weighted by Gasteiger charge is -2.30. The van der Waals surface area contributed by atoms with Crippen LogP contribution in [0.25, 0.3) is 22.2 Å². The Kier molecular flexibility index (Phi) is 6.24. The van der Waals surface area contributed by atoms with Gasteiger partial charge in [-0.3, -0.25) is 0 Å². The molecule has 1 fully saturated rings. The van der Waals surface area contributed by atoms with Gasteiger partial charge in [-0.05, 0) is 23.7 Å². The molecule has 0 radical (unpaired) electrons. The summed E-state index contributed by atoms with van der Waals surface area (Å²) in [5.41, 5.74) is 1.12. The quantitative estimate of drug-likeness (QED) is 0.731. The topological polar surface area (TPSA) is 50.1 Å². The van der Waals surface area contributed by atoms with Crippen LogP contribution in [0.4, 0.5) is 0 Å². The highest BCUT2D eigenvalue weighted by Crippen LogP contribution is 2.31. The molecule has 0 bridgehead atoms. The Morgan fingerprint density at radius 3 is 2.71 bits per heavy atom. The van der Waals surface area contributed by atoms with Crippen LogP contribution < -0.4 is 5.32 Å². The van der Waals surface area contributed by atoms with Crippen molar-refractivity contribution in [1.29, 1.82) is 0 Å². The molecule has 3 aromatic rings. The first kappa shape index (κ1) is 18.7. The monoisotopic (exact) mass is 365 g/mol. The van der Waals surface area contributed by atoms with Crippen molar-refractivity contribution < 1.29 is 5.11 Å². The highest BCUT2D eigenvalue weighted by molar-refractivity contribution is 5.95. The van der Waals surface area contributed by atoms with E-state index < -0.39 is 0 Å². The lowest BCUT2D eigenvalue weighted by molar-refractivity contribution is 0.0880. The molecule has 4 nitrogen and oxygen atoms in total. The van der Waals surface area contributed by atoms with Gasteiger partial charge in [0.05, 0.1) is 12.1 Å². The molecule has 1 aliphatic heterocycles. The van der Waals surface area contributed by atoms with Gasteiger partial charge in [0.25, 0.3) is 0 Å². The summed E-state index contributed by atoms with van der Waals surface area (Å²) in [7, 11) is 0. The maximum Gasteiger partial charge on any atom is 0.140 e. The van der Waals surface area contributed by atoms with Crippen LogP contribution in [0, 0.1) is 0 Å².